The van der Waals surface area contributed by atoms with Crippen molar-refractivity contribution in [3.05, 3.63) is 58.0 Å². The minimum absolute atomic E-state index is 0.0374. The van der Waals surface area contributed by atoms with Crippen LogP contribution in [0.15, 0.2) is 35.2 Å². The highest BCUT2D eigenvalue weighted by atomic mass is 32.2. The van der Waals surface area contributed by atoms with Gasteiger partial charge in [0.15, 0.2) is 0 Å². The Morgan fingerprint density at radius 3 is 2.72 bits per heavy atom. The molecule has 1 aromatic heterocycles. The van der Waals surface area contributed by atoms with Crippen LogP contribution in [0.1, 0.15) is 17.0 Å². The predicted molar refractivity (Wildman–Crippen MR) is 96.7 cm³/mol. The Kier molecular flexibility index (Phi) is 4.51. The molecule has 3 rings (SSSR count). The Labute approximate surface area is 149 Å². The summed E-state index contributed by atoms with van der Waals surface area (Å²) in [6, 6.07) is 8.20. The van der Waals surface area contributed by atoms with Gasteiger partial charge >= 0.3 is 0 Å². The lowest BCUT2D eigenvalue weighted by Gasteiger charge is -2.09. The number of imide groups is 1. The first kappa shape index (κ1) is 17.1. The van der Waals surface area contributed by atoms with Crippen molar-refractivity contribution < 1.29 is 14.0 Å². The van der Waals surface area contributed by atoms with Gasteiger partial charge in [0.2, 0.25) is 0 Å². The Morgan fingerprint density at radius 2 is 2.04 bits per heavy atom. The molecule has 0 saturated carbocycles. The fourth-order valence-electron chi connectivity index (χ4n) is 2.82. The van der Waals surface area contributed by atoms with Gasteiger partial charge in [-0.25, -0.2) is 4.39 Å². The first-order chi connectivity index (χ1) is 11.9. The monoisotopic (exact) mass is 354 g/mol. The first-order valence-corrected chi connectivity index (χ1v) is 8.37. The highest BCUT2D eigenvalue weighted by molar-refractivity contribution is 8.18. The maximum atomic E-state index is 13.5. The van der Waals surface area contributed by atoms with E-state index in [0.717, 1.165) is 33.6 Å². The number of hydrogen-bond donors (Lipinski definition) is 0. The number of thioether (sulfide) groups is 1. The molecule has 0 spiro atoms. The summed E-state index contributed by atoms with van der Waals surface area (Å²) >= 11 is 0.872. The number of amides is 2. The van der Waals surface area contributed by atoms with Crippen molar-refractivity contribution >= 4 is 29.0 Å². The van der Waals surface area contributed by atoms with Crippen LogP contribution in [0, 0.1) is 32.0 Å². The minimum Gasteiger partial charge on any atom is -0.318 e. The SMILES string of the molecule is C#CCN1C(=O)SC(=Cc2cc(C)n(-c3cccc(F)c3)c2C)C1=O. The molecule has 0 N–H and O–H groups in total. The molecule has 2 amide bonds. The maximum Gasteiger partial charge on any atom is 0.294 e. The van der Waals surface area contributed by atoms with Crippen molar-refractivity contribution in [3.63, 3.8) is 0 Å². The van der Waals surface area contributed by atoms with Gasteiger partial charge in [-0.1, -0.05) is 12.0 Å². The average molecular weight is 354 g/mol. The van der Waals surface area contributed by atoms with Crippen LogP contribution in [0.4, 0.5) is 9.18 Å². The quantitative estimate of drug-likeness (QED) is 0.620. The number of benzene rings is 1. The summed E-state index contributed by atoms with van der Waals surface area (Å²) < 4.78 is 15.4. The van der Waals surface area contributed by atoms with Gasteiger partial charge < -0.3 is 4.57 Å². The summed E-state index contributed by atoms with van der Waals surface area (Å²) in [5.74, 6) is 1.61. The molecule has 4 nitrogen and oxygen atoms in total. The van der Waals surface area contributed by atoms with E-state index in [9.17, 15) is 14.0 Å². The molecule has 0 atom stereocenters. The lowest BCUT2D eigenvalue weighted by Crippen LogP contribution is -2.28. The first-order valence-electron chi connectivity index (χ1n) is 7.56. The van der Waals surface area contributed by atoms with Gasteiger partial charge in [0.1, 0.15) is 5.82 Å². The second-order valence-electron chi connectivity index (χ2n) is 5.61. The van der Waals surface area contributed by atoms with Crippen molar-refractivity contribution in [1.29, 1.82) is 0 Å². The summed E-state index contributed by atoms with van der Waals surface area (Å²) in [5, 5.41) is -0.367. The number of aryl methyl sites for hydroxylation is 1. The van der Waals surface area contributed by atoms with Crippen LogP contribution < -0.4 is 0 Å². The zero-order valence-corrected chi connectivity index (χ0v) is 14.6. The van der Waals surface area contributed by atoms with E-state index in [-0.39, 0.29) is 23.5 Å². The number of terminal acetylenes is 1. The highest BCUT2D eigenvalue weighted by Gasteiger charge is 2.34. The van der Waals surface area contributed by atoms with Gasteiger partial charge in [0.25, 0.3) is 11.1 Å². The van der Waals surface area contributed by atoms with Gasteiger partial charge in [0.05, 0.1) is 11.4 Å². The fraction of sp³-hybridized carbons (Fsp3) is 0.158. The minimum atomic E-state index is -0.386. The van der Waals surface area contributed by atoms with Crippen molar-refractivity contribution in [2.24, 2.45) is 0 Å². The number of aromatic nitrogens is 1. The van der Waals surface area contributed by atoms with Gasteiger partial charge in [-0.05, 0) is 61.5 Å². The van der Waals surface area contributed by atoms with E-state index in [4.69, 9.17) is 6.42 Å². The number of carbonyl (C=O) groups excluding carboxylic acids is 2. The van der Waals surface area contributed by atoms with Gasteiger partial charge in [0, 0.05) is 17.1 Å². The van der Waals surface area contributed by atoms with Crippen LogP contribution in [0.2, 0.25) is 0 Å². The molecule has 1 aliphatic heterocycles. The van der Waals surface area contributed by atoms with E-state index in [1.807, 2.05) is 30.5 Å². The molecule has 0 aliphatic carbocycles. The fourth-order valence-corrected chi connectivity index (χ4v) is 3.64. The number of halogens is 1. The second-order valence-corrected chi connectivity index (χ2v) is 6.61. The summed E-state index contributed by atoms with van der Waals surface area (Å²) in [7, 11) is 0. The molecule has 0 radical (unpaired) electrons. The molecule has 1 saturated heterocycles. The van der Waals surface area contributed by atoms with Crippen LogP contribution in [-0.2, 0) is 4.79 Å². The van der Waals surface area contributed by atoms with E-state index in [1.165, 1.54) is 12.1 Å². The van der Waals surface area contributed by atoms with Crippen molar-refractivity contribution in [1.82, 2.24) is 9.47 Å². The third-order valence-corrected chi connectivity index (χ3v) is 4.85. The largest absolute Gasteiger partial charge is 0.318 e. The Morgan fingerprint density at radius 1 is 1.28 bits per heavy atom. The van der Waals surface area contributed by atoms with Crippen LogP contribution in [0.5, 0.6) is 0 Å². The van der Waals surface area contributed by atoms with Gasteiger partial charge in [-0.2, -0.15) is 0 Å². The van der Waals surface area contributed by atoms with E-state index in [2.05, 4.69) is 5.92 Å². The van der Waals surface area contributed by atoms with Gasteiger partial charge in [-0.15, -0.1) is 6.42 Å². The Balaban J connectivity index is 2.01. The third kappa shape index (κ3) is 3.11. The van der Waals surface area contributed by atoms with Crippen LogP contribution in [0.3, 0.4) is 0 Å². The Bertz CT molecular complexity index is 953. The molecular formula is C19H15FN2O2S. The normalized spacial score (nSPS) is 15.9. The Hall–Kier alpha value is -2.78. The highest BCUT2D eigenvalue weighted by Crippen LogP contribution is 2.33. The van der Waals surface area contributed by atoms with Crippen molar-refractivity contribution in [2.45, 2.75) is 13.8 Å². The summed E-state index contributed by atoms with van der Waals surface area (Å²) in [6.45, 7) is 3.75. The summed E-state index contributed by atoms with van der Waals surface area (Å²) in [4.78, 5) is 25.5. The number of hydrogen-bond acceptors (Lipinski definition) is 3. The average Bonchev–Trinajstić information content (AvgIpc) is 2.98. The molecule has 1 aromatic carbocycles. The molecule has 0 bridgehead atoms. The molecule has 1 aliphatic rings. The van der Waals surface area contributed by atoms with Gasteiger partial charge in [-0.3, -0.25) is 14.5 Å². The standard InChI is InChI=1S/C19H15FN2O2S/c1-4-8-21-18(23)17(25-19(21)24)10-14-9-12(2)22(13(14)3)16-7-5-6-15(20)11-16/h1,5-7,9-11H,8H2,2-3H3. The smallest absolute Gasteiger partial charge is 0.294 e. The lowest BCUT2D eigenvalue weighted by molar-refractivity contribution is -0.122. The topological polar surface area (TPSA) is 42.3 Å². The number of nitrogens with zero attached hydrogens (tertiary/aromatic N) is 2. The second kappa shape index (κ2) is 6.61. The van der Waals surface area contributed by atoms with E-state index < -0.39 is 0 Å². The molecule has 6 heteroatoms. The van der Waals surface area contributed by atoms with Crippen LogP contribution >= 0.6 is 11.8 Å². The molecule has 2 aromatic rings. The van der Waals surface area contributed by atoms with E-state index >= 15 is 0 Å². The molecule has 0 unspecified atom stereocenters. The zero-order chi connectivity index (χ0) is 18.1. The molecule has 1 fully saturated rings. The van der Waals surface area contributed by atoms with Crippen molar-refractivity contribution in [3.8, 4) is 18.0 Å². The molecule has 2 heterocycles. The summed E-state index contributed by atoms with van der Waals surface area (Å²) in [6.07, 6.45) is 6.88. The maximum absolute atomic E-state index is 13.5. The predicted octanol–water partition coefficient (Wildman–Crippen LogP) is 3.90. The molecule has 126 valence electrons. The molecule has 25 heavy (non-hydrogen) atoms. The summed E-state index contributed by atoms with van der Waals surface area (Å²) in [5.41, 5.74) is 3.26. The van der Waals surface area contributed by atoms with E-state index in [0.29, 0.717) is 10.6 Å². The number of carbonyl (C=O) groups is 2. The lowest BCUT2D eigenvalue weighted by atomic mass is 10.2. The van der Waals surface area contributed by atoms with E-state index in [1.54, 1.807) is 12.1 Å². The van der Waals surface area contributed by atoms with Crippen molar-refractivity contribution in [2.75, 3.05) is 6.54 Å². The molecular weight excluding hydrogens is 339 g/mol. The number of rotatable bonds is 3. The van der Waals surface area contributed by atoms with Crippen LogP contribution in [-0.4, -0.2) is 27.2 Å². The third-order valence-electron chi connectivity index (χ3n) is 3.95. The van der Waals surface area contributed by atoms with Crippen LogP contribution in [0.25, 0.3) is 11.8 Å². The zero-order valence-electron chi connectivity index (χ0n) is 13.7.